The first-order valence-corrected chi connectivity index (χ1v) is 13.1. The van der Waals surface area contributed by atoms with Crippen LogP contribution in [0.15, 0.2) is 84.9 Å². The maximum absolute atomic E-state index is 14.7. The molecule has 1 saturated heterocycles. The summed E-state index contributed by atoms with van der Waals surface area (Å²) in [4.78, 5) is 43.9. The molecule has 2 aliphatic carbocycles. The van der Waals surface area contributed by atoms with Gasteiger partial charge in [-0.05, 0) is 53.3 Å². The number of hydrogen-bond acceptors (Lipinski definition) is 3. The summed E-state index contributed by atoms with van der Waals surface area (Å²) in [6.45, 7) is 3.70. The largest absolute Gasteiger partial charge is 0.416 e. The fraction of sp³-hybridized carbons (Fsp3) is 0.281. The van der Waals surface area contributed by atoms with Crippen LogP contribution in [0.2, 0.25) is 0 Å². The van der Waals surface area contributed by atoms with Gasteiger partial charge in [-0.2, -0.15) is 13.2 Å². The van der Waals surface area contributed by atoms with E-state index in [0.29, 0.717) is 0 Å². The van der Waals surface area contributed by atoms with Gasteiger partial charge in [-0.1, -0.05) is 80.6 Å². The van der Waals surface area contributed by atoms with Crippen LogP contribution in [-0.2, 0) is 20.6 Å². The molecule has 6 rings (SSSR count). The molecule has 0 unspecified atom stereocenters. The molecule has 0 spiro atoms. The standard InChI is InChI=1S/C32H26F3NO3/c1-3-30-23(19-12-7-5-8-13-19)24(20-14-9-6-10-15-20)31(4-2,29(30)39)26-25(30)27(37)36(28(26)38)22-17-11-16-21(18-22)32(33,34)35/h5-18,25-26H,3-4H2,1-2H3/t25-,26-,30-,31+/m1/s1. The van der Waals surface area contributed by atoms with Gasteiger partial charge < -0.3 is 0 Å². The normalized spacial score (nSPS) is 28.0. The van der Waals surface area contributed by atoms with Crippen LogP contribution in [0.3, 0.4) is 0 Å². The molecular weight excluding hydrogens is 503 g/mol. The van der Waals surface area contributed by atoms with E-state index in [4.69, 9.17) is 0 Å². The molecule has 0 radical (unpaired) electrons. The number of ketones is 1. The molecule has 1 heterocycles. The SMILES string of the molecule is CC[C@]12C(=O)[C@](CC)(C(c3ccccc3)=C1c1ccccc1)[C@H]1C(=O)N(c3cccc(C(F)(F)F)c3)C(=O)[C@@H]12. The van der Waals surface area contributed by atoms with E-state index in [1.54, 1.807) is 0 Å². The molecule has 3 aromatic rings. The van der Waals surface area contributed by atoms with Crippen molar-refractivity contribution in [3.63, 3.8) is 0 Å². The van der Waals surface area contributed by atoms with Crippen LogP contribution in [0.25, 0.3) is 11.1 Å². The molecule has 1 saturated carbocycles. The number of allylic oxidation sites excluding steroid dienone is 2. The van der Waals surface area contributed by atoms with Crippen LogP contribution in [0, 0.1) is 22.7 Å². The summed E-state index contributed by atoms with van der Waals surface area (Å²) >= 11 is 0. The minimum absolute atomic E-state index is 0.124. The van der Waals surface area contributed by atoms with Gasteiger partial charge in [-0.3, -0.25) is 14.4 Å². The van der Waals surface area contributed by atoms with Gasteiger partial charge >= 0.3 is 6.18 Å². The van der Waals surface area contributed by atoms with Gasteiger partial charge in [0.25, 0.3) is 0 Å². The number of carbonyl (C=O) groups is 3. The number of rotatable bonds is 5. The highest BCUT2D eigenvalue weighted by Crippen LogP contribution is 2.75. The average molecular weight is 530 g/mol. The Bertz CT molecular complexity index is 1460. The third-order valence-corrected chi connectivity index (χ3v) is 8.99. The smallest absolute Gasteiger partial charge is 0.298 e. The number of nitrogens with zero attached hydrogens (tertiary/aromatic N) is 1. The number of alkyl halides is 3. The number of hydrogen-bond donors (Lipinski definition) is 0. The molecule has 4 nitrogen and oxygen atoms in total. The predicted molar refractivity (Wildman–Crippen MR) is 141 cm³/mol. The zero-order valence-electron chi connectivity index (χ0n) is 21.5. The molecule has 0 N–H and O–H groups in total. The van der Waals surface area contributed by atoms with Crippen molar-refractivity contribution in [2.45, 2.75) is 32.9 Å². The van der Waals surface area contributed by atoms with Crippen molar-refractivity contribution in [2.24, 2.45) is 22.7 Å². The van der Waals surface area contributed by atoms with Gasteiger partial charge in [-0.15, -0.1) is 0 Å². The third kappa shape index (κ3) is 3.10. The van der Waals surface area contributed by atoms with E-state index in [-0.39, 0.29) is 24.3 Å². The molecule has 198 valence electrons. The highest BCUT2D eigenvalue weighted by atomic mass is 19.4. The van der Waals surface area contributed by atoms with Crippen LogP contribution >= 0.6 is 0 Å². The maximum Gasteiger partial charge on any atom is 0.416 e. The summed E-state index contributed by atoms with van der Waals surface area (Å²) in [5.74, 6) is -3.37. The van der Waals surface area contributed by atoms with E-state index >= 15 is 0 Å². The monoisotopic (exact) mass is 529 g/mol. The Morgan fingerprint density at radius 2 is 1.15 bits per heavy atom. The minimum atomic E-state index is -4.63. The summed E-state index contributed by atoms with van der Waals surface area (Å²) in [6, 6.07) is 23.2. The quantitative estimate of drug-likeness (QED) is 0.341. The van der Waals surface area contributed by atoms with Crippen LogP contribution in [0.5, 0.6) is 0 Å². The van der Waals surface area contributed by atoms with Gasteiger partial charge in [0.2, 0.25) is 11.8 Å². The molecule has 7 heteroatoms. The zero-order chi connectivity index (χ0) is 27.7. The Kier molecular flexibility index (Phi) is 5.51. The molecule has 1 aliphatic heterocycles. The van der Waals surface area contributed by atoms with Crippen LogP contribution in [0.1, 0.15) is 43.4 Å². The van der Waals surface area contributed by atoms with Crippen molar-refractivity contribution in [1.29, 1.82) is 0 Å². The van der Waals surface area contributed by atoms with Gasteiger partial charge in [0, 0.05) is 0 Å². The Balaban J connectivity index is 1.63. The van der Waals surface area contributed by atoms with Crippen molar-refractivity contribution in [3.05, 3.63) is 102 Å². The first kappa shape index (κ1) is 25.3. The summed E-state index contributed by atoms with van der Waals surface area (Å²) in [7, 11) is 0. The second-order valence-corrected chi connectivity index (χ2v) is 10.5. The molecule has 3 aliphatic rings. The first-order chi connectivity index (χ1) is 18.6. The molecule has 2 amide bonds. The molecule has 4 atom stereocenters. The summed E-state index contributed by atoms with van der Waals surface area (Å²) in [5, 5.41) is 0. The zero-order valence-corrected chi connectivity index (χ0v) is 21.5. The Hall–Kier alpha value is -4.00. The number of carbonyl (C=O) groups excluding carboxylic acids is 3. The van der Waals surface area contributed by atoms with E-state index in [0.717, 1.165) is 39.3 Å². The fourth-order valence-corrected chi connectivity index (χ4v) is 7.53. The van der Waals surface area contributed by atoms with Crippen LogP contribution in [0.4, 0.5) is 18.9 Å². The lowest BCUT2D eigenvalue weighted by molar-refractivity contribution is -0.137. The third-order valence-electron chi connectivity index (χ3n) is 8.99. The Morgan fingerprint density at radius 1 is 0.692 bits per heavy atom. The van der Waals surface area contributed by atoms with Crippen molar-refractivity contribution in [3.8, 4) is 0 Å². The van der Waals surface area contributed by atoms with Gasteiger partial charge in [0.15, 0.2) is 5.78 Å². The van der Waals surface area contributed by atoms with E-state index < -0.39 is 46.2 Å². The number of Topliss-reactive ketones (excluding diaryl/α,β-unsaturated/α-hetero) is 1. The maximum atomic E-state index is 14.7. The number of imide groups is 1. The summed E-state index contributed by atoms with van der Waals surface area (Å²) in [6.07, 6.45) is -4.07. The molecule has 3 aromatic carbocycles. The fourth-order valence-electron chi connectivity index (χ4n) is 7.53. The van der Waals surface area contributed by atoms with E-state index in [1.165, 1.54) is 12.1 Å². The number of benzene rings is 3. The van der Waals surface area contributed by atoms with Crippen molar-refractivity contribution in [1.82, 2.24) is 0 Å². The average Bonchev–Trinajstić information content (AvgIpc) is 3.44. The van der Waals surface area contributed by atoms with E-state index in [9.17, 15) is 27.6 Å². The lowest BCUT2D eigenvalue weighted by Crippen LogP contribution is -2.41. The highest BCUT2D eigenvalue weighted by molar-refractivity contribution is 6.34. The van der Waals surface area contributed by atoms with Gasteiger partial charge in [-0.25, -0.2) is 4.90 Å². The summed E-state index contributed by atoms with van der Waals surface area (Å²) < 4.78 is 40.6. The molecule has 2 fully saturated rings. The lowest BCUT2D eigenvalue weighted by Gasteiger charge is -2.38. The first-order valence-electron chi connectivity index (χ1n) is 13.1. The number of anilines is 1. The number of halogens is 3. The molecule has 39 heavy (non-hydrogen) atoms. The van der Waals surface area contributed by atoms with Crippen molar-refractivity contribution < 1.29 is 27.6 Å². The van der Waals surface area contributed by atoms with Gasteiger partial charge in [0.05, 0.1) is 33.9 Å². The topological polar surface area (TPSA) is 54.5 Å². The molecule has 2 bridgehead atoms. The summed E-state index contributed by atoms with van der Waals surface area (Å²) in [5.41, 5.74) is -0.529. The van der Waals surface area contributed by atoms with Crippen molar-refractivity contribution >= 4 is 34.4 Å². The lowest BCUT2D eigenvalue weighted by atomic mass is 9.60. The highest BCUT2D eigenvalue weighted by Gasteiger charge is 2.80. The van der Waals surface area contributed by atoms with Gasteiger partial charge in [0.1, 0.15) is 0 Å². The molecule has 0 aromatic heterocycles. The Labute approximate surface area is 224 Å². The Morgan fingerprint density at radius 3 is 1.56 bits per heavy atom. The number of fused-ring (bicyclic) bond motifs is 5. The predicted octanol–water partition coefficient (Wildman–Crippen LogP) is 6.81. The van der Waals surface area contributed by atoms with Crippen LogP contribution in [-0.4, -0.2) is 17.6 Å². The molecular formula is C32H26F3NO3. The van der Waals surface area contributed by atoms with E-state index in [1.807, 2.05) is 74.5 Å². The van der Waals surface area contributed by atoms with E-state index in [2.05, 4.69) is 0 Å². The number of amides is 2. The second kappa shape index (κ2) is 8.50. The second-order valence-electron chi connectivity index (χ2n) is 10.5. The minimum Gasteiger partial charge on any atom is -0.298 e. The van der Waals surface area contributed by atoms with Crippen molar-refractivity contribution in [2.75, 3.05) is 4.90 Å². The van der Waals surface area contributed by atoms with Crippen LogP contribution < -0.4 is 4.90 Å².